The lowest BCUT2D eigenvalue weighted by Crippen LogP contribution is -2.36. The lowest BCUT2D eigenvalue weighted by molar-refractivity contribution is 0.102. The predicted octanol–water partition coefficient (Wildman–Crippen LogP) is 4.73. The zero-order valence-electron chi connectivity index (χ0n) is 20.2. The summed E-state index contributed by atoms with van der Waals surface area (Å²) in [6.07, 6.45) is 5.24. The van der Waals surface area contributed by atoms with Crippen LogP contribution < -0.4 is 15.1 Å². The molecule has 0 unspecified atom stereocenters. The fourth-order valence-electron chi connectivity index (χ4n) is 4.71. The Kier molecular flexibility index (Phi) is 6.28. The van der Waals surface area contributed by atoms with Gasteiger partial charge in [-0.1, -0.05) is 0 Å². The van der Waals surface area contributed by atoms with Crippen molar-refractivity contribution < 1.29 is 13.9 Å². The van der Waals surface area contributed by atoms with E-state index in [0.29, 0.717) is 36.2 Å². The molecule has 1 amide bonds. The van der Waals surface area contributed by atoms with Gasteiger partial charge in [0.15, 0.2) is 5.58 Å². The molecule has 5 heterocycles. The van der Waals surface area contributed by atoms with Crippen LogP contribution in [-0.4, -0.2) is 60.3 Å². The van der Waals surface area contributed by atoms with Crippen LogP contribution in [0.2, 0.25) is 0 Å². The summed E-state index contributed by atoms with van der Waals surface area (Å²) in [5, 5.41) is 5.70. The van der Waals surface area contributed by atoms with Crippen LogP contribution in [0, 0.1) is 6.92 Å². The second kappa shape index (κ2) is 9.87. The Morgan fingerprint density at radius 1 is 1.03 bits per heavy atom. The summed E-state index contributed by atoms with van der Waals surface area (Å²) in [7, 11) is 0. The van der Waals surface area contributed by atoms with Crippen molar-refractivity contribution in [3.63, 3.8) is 0 Å². The van der Waals surface area contributed by atoms with Crippen molar-refractivity contribution in [3.8, 4) is 10.6 Å². The molecule has 0 radical (unpaired) electrons. The van der Waals surface area contributed by atoms with E-state index in [-0.39, 0.29) is 5.91 Å². The van der Waals surface area contributed by atoms with Crippen molar-refractivity contribution in [3.05, 3.63) is 47.2 Å². The number of ether oxygens (including phenoxy) is 1. The van der Waals surface area contributed by atoms with E-state index >= 15 is 0 Å². The number of rotatable bonds is 5. The van der Waals surface area contributed by atoms with Crippen LogP contribution in [0.5, 0.6) is 0 Å². The summed E-state index contributed by atoms with van der Waals surface area (Å²) in [4.78, 5) is 31.3. The molecule has 6 rings (SSSR count). The Hall–Kier alpha value is -3.50. The number of pyridine rings is 1. The first-order valence-corrected chi connectivity index (χ1v) is 13.2. The van der Waals surface area contributed by atoms with Gasteiger partial charge in [-0.25, -0.2) is 4.98 Å². The maximum atomic E-state index is 13.3. The average molecular weight is 505 g/mol. The number of hydrogen-bond donors (Lipinski definition) is 1. The molecule has 0 saturated carbocycles. The van der Waals surface area contributed by atoms with Crippen molar-refractivity contribution in [2.45, 2.75) is 26.2 Å². The summed E-state index contributed by atoms with van der Waals surface area (Å²) >= 11 is 1.45. The highest BCUT2D eigenvalue weighted by Gasteiger charge is 2.23. The molecule has 0 bridgehead atoms. The number of nitrogens with one attached hydrogen (secondary N) is 1. The molecule has 2 fully saturated rings. The van der Waals surface area contributed by atoms with Crippen LogP contribution in [-0.2, 0) is 4.74 Å². The number of aromatic nitrogens is 3. The molecule has 3 aromatic heterocycles. The maximum absolute atomic E-state index is 13.3. The molecular formula is C26H28N6O3S. The third-order valence-electron chi connectivity index (χ3n) is 6.60. The molecule has 9 nitrogen and oxygen atoms in total. The van der Waals surface area contributed by atoms with Gasteiger partial charge in [0.25, 0.3) is 11.9 Å². The van der Waals surface area contributed by atoms with Gasteiger partial charge >= 0.3 is 0 Å². The number of amides is 1. The van der Waals surface area contributed by atoms with Gasteiger partial charge in [-0.05, 0) is 44.4 Å². The number of nitrogens with zero attached hydrogens (tertiary/aromatic N) is 5. The number of thiazole rings is 1. The van der Waals surface area contributed by atoms with Gasteiger partial charge in [0.05, 0.1) is 24.6 Å². The van der Waals surface area contributed by atoms with Crippen LogP contribution in [0.25, 0.3) is 21.7 Å². The van der Waals surface area contributed by atoms with Gasteiger partial charge in [0.1, 0.15) is 16.2 Å². The number of benzene rings is 1. The van der Waals surface area contributed by atoms with Crippen molar-refractivity contribution in [2.75, 3.05) is 54.5 Å². The molecule has 10 heteroatoms. The van der Waals surface area contributed by atoms with Gasteiger partial charge in [-0.3, -0.25) is 9.78 Å². The molecule has 0 atom stereocenters. The minimum absolute atomic E-state index is 0.242. The van der Waals surface area contributed by atoms with Crippen molar-refractivity contribution in [2.24, 2.45) is 0 Å². The molecular weight excluding hydrogens is 476 g/mol. The molecule has 36 heavy (non-hydrogen) atoms. The molecule has 2 aliphatic rings. The number of fused-ring (bicyclic) bond motifs is 1. The summed E-state index contributed by atoms with van der Waals surface area (Å²) in [6, 6.07) is 8.41. The van der Waals surface area contributed by atoms with Crippen molar-refractivity contribution in [1.29, 1.82) is 0 Å². The zero-order chi connectivity index (χ0) is 24.5. The topological polar surface area (TPSA) is 96.6 Å². The first-order valence-electron chi connectivity index (χ1n) is 12.4. The van der Waals surface area contributed by atoms with Crippen LogP contribution in [0.1, 0.15) is 35.4 Å². The van der Waals surface area contributed by atoms with E-state index in [1.165, 1.54) is 17.8 Å². The minimum Gasteiger partial charge on any atom is -0.423 e. The van der Waals surface area contributed by atoms with Crippen molar-refractivity contribution in [1.82, 2.24) is 15.0 Å². The lowest BCUT2D eigenvalue weighted by Gasteiger charge is -2.30. The largest absolute Gasteiger partial charge is 0.423 e. The lowest BCUT2D eigenvalue weighted by atomic mass is 10.1. The predicted molar refractivity (Wildman–Crippen MR) is 141 cm³/mol. The standard InChI is InChI=1S/C26H28N6O3S/c1-17-13-18(5-6-27-17)25-29-21(16-36-25)24(33)28-19-15-23-20(14-22(19)31-7-3-2-4-8-31)30-26(35-23)32-9-11-34-12-10-32/h5-6,13-16H,2-4,7-12H2,1H3,(H,28,33). The van der Waals surface area contributed by atoms with Gasteiger partial charge in [0.2, 0.25) is 0 Å². The molecule has 1 N–H and O–H groups in total. The number of oxazole rings is 1. The third kappa shape index (κ3) is 4.66. The minimum atomic E-state index is -0.242. The SMILES string of the molecule is Cc1cc(-c2nc(C(=O)Nc3cc4oc(N5CCOCC5)nc4cc3N3CCCCC3)cs2)ccn1. The molecule has 4 aromatic rings. The number of morpholine rings is 1. The number of hydrogen-bond acceptors (Lipinski definition) is 9. The van der Waals surface area contributed by atoms with E-state index in [4.69, 9.17) is 14.1 Å². The Bertz CT molecular complexity index is 1390. The van der Waals surface area contributed by atoms with Gasteiger partial charge in [-0.15, -0.1) is 11.3 Å². The number of anilines is 3. The van der Waals surface area contributed by atoms with Gasteiger partial charge in [0, 0.05) is 55.1 Å². The monoisotopic (exact) mass is 504 g/mol. The quantitative estimate of drug-likeness (QED) is 0.417. The van der Waals surface area contributed by atoms with E-state index in [2.05, 4.69) is 25.1 Å². The smallest absolute Gasteiger partial charge is 0.298 e. The molecule has 2 aliphatic heterocycles. The molecule has 186 valence electrons. The maximum Gasteiger partial charge on any atom is 0.298 e. The van der Waals surface area contributed by atoms with E-state index in [1.807, 2.05) is 31.2 Å². The highest BCUT2D eigenvalue weighted by molar-refractivity contribution is 7.13. The first kappa shape index (κ1) is 22.9. The first-order chi connectivity index (χ1) is 17.6. The molecule has 0 aliphatic carbocycles. The van der Waals surface area contributed by atoms with Crippen LogP contribution in [0.4, 0.5) is 17.4 Å². The number of carbonyl (C=O) groups excluding carboxylic acids is 1. The normalized spacial score (nSPS) is 16.5. The van der Waals surface area contributed by atoms with Gasteiger partial charge < -0.3 is 24.3 Å². The third-order valence-corrected chi connectivity index (χ3v) is 7.49. The zero-order valence-corrected chi connectivity index (χ0v) is 21.0. The van der Waals surface area contributed by atoms with E-state index < -0.39 is 0 Å². The summed E-state index contributed by atoms with van der Waals surface area (Å²) in [5.41, 5.74) is 5.39. The Morgan fingerprint density at radius 3 is 2.67 bits per heavy atom. The number of aryl methyl sites for hydroxylation is 1. The summed E-state index contributed by atoms with van der Waals surface area (Å²) in [5.74, 6) is -0.242. The second-order valence-electron chi connectivity index (χ2n) is 9.16. The van der Waals surface area contributed by atoms with Crippen LogP contribution in [0.3, 0.4) is 0 Å². The highest BCUT2D eigenvalue weighted by Crippen LogP contribution is 2.35. The Labute approximate surface area is 213 Å². The molecule has 1 aromatic carbocycles. The summed E-state index contributed by atoms with van der Waals surface area (Å²) < 4.78 is 11.6. The number of carbonyl (C=O) groups is 1. The van der Waals surface area contributed by atoms with Crippen LogP contribution >= 0.6 is 11.3 Å². The number of piperidine rings is 1. The van der Waals surface area contributed by atoms with E-state index in [0.717, 1.165) is 66.5 Å². The van der Waals surface area contributed by atoms with Crippen molar-refractivity contribution >= 4 is 45.7 Å². The van der Waals surface area contributed by atoms with Gasteiger partial charge in [-0.2, -0.15) is 4.98 Å². The Morgan fingerprint density at radius 2 is 1.86 bits per heavy atom. The summed E-state index contributed by atoms with van der Waals surface area (Å²) in [6.45, 7) is 6.66. The second-order valence-corrected chi connectivity index (χ2v) is 10.0. The molecule has 0 spiro atoms. The van der Waals surface area contributed by atoms with E-state index in [1.54, 1.807) is 11.6 Å². The van der Waals surface area contributed by atoms with Crippen LogP contribution in [0.15, 0.2) is 40.3 Å². The molecule has 2 saturated heterocycles. The van der Waals surface area contributed by atoms with E-state index in [9.17, 15) is 4.79 Å². The fourth-order valence-corrected chi connectivity index (χ4v) is 5.51. The highest BCUT2D eigenvalue weighted by atomic mass is 32.1. The Balaban J connectivity index is 1.31. The fraction of sp³-hybridized carbons (Fsp3) is 0.385. The average Bonchev–Trinajstić information content (AvgIpc) is 3.57.